The Bertz CT molecular complexity index is 509. The molecule has 0 spiro atoms. The molecule has 0 amide bonds. The molecule has 3 nitrogen and oxygen atoms in total. The first-order valence-electron chi connectivity index (χ1n) is 5.01. The Morgan fingerprint density at radius 1 is 1.00 bits per heavy atom. The van der Waals surface area contributed by atoms with Crippen LogP contribution in [0.5, 0.6) is 5.75 Å². The fourth-order valence-corrected chi connectivity index (χ4v) is 1.68. The molecule has 0 aliphatic rings. The summed E-state index contributed by atoms with van der Waals surface area (Å²) >= 11 is 0. The van der Waals surface area contributed by atoms with Gasteiger partial charge in [-0.3, -0.25) is 0 Å². The zero-order valence-corrected chi connectivity index (χ0v) is 9.10. The van der Waals surface area contributed by atoms with Crippen LogP contribution in [-0.4, -0.2) is 7.11 Å². The van der Waals surface area contributed by atoms with Crippen LogP contribution in [0.15, 0.2) is 42.5 Å². The van der Waals surface area contributed by atoms with Crippen LogP contribution in [0.1, 0.15) is 0 Å². The van der Waals surface area contributed by atoms with Gasteiger partial charge in [0, 0.05) is 11.3 Å². The summed E-state index contributed by atoms with van der Waals surface area (Å²) in [6, 6.07) is 13.3. The van der Waals surface area contributed by atoms with Crippen molar-refractivity contribution in [2.45, 2.75) is 0 Å². The third kappa shape index (κ3) is 1.80. The van der Waals surface area contributed by atoms with Crippen LogP contribution in [0.2, 0.25) is 0 Å². The van der Waals surface area contributed by atoms with Gasteiger partial charge in [-0.25, -0.2) is 0 Å². The number of nitrogen functional groups attached to an aromatic ring is 2. The van der Waals surface area contributed by atoms with E-state index in [2.05, 4.69) is 0 Å². The van der Waals surface area contributed by atoms with Crippen LogP contribution < -0.4 is 16.2 Å². The lowest BCUT2D eigenvalue weighted by atomic mass is 10.0. The predicted octanol–water partition coefficient (Wildman–Crippen LogP) is 2.53. The minimum absolute atomic E-state index is 0.635. The van der Waals surface area contributed by atoms with Crippen molar-refractivity contribution in [3.8, 4) is 16.9 Å². The van der Waals surface area contributed by atoms with Crippen molar-refractivity contribution in [1.29, 1.82) is 0 Å². The summed E-state index contributed by atoms with van der Waals surface area (Å²) in [4.78, 5) is 0. The number of methoxy groups -OCH3 is 1. The Morgan fingerprint density at radius 3 is 2.44 bits per heavy atom. The Morgan fingerprint density at radius 2 is 1.75 bits per heavy atom. The Hall–Kier alpha value is -2.16. The van der Waals surface area contributed by atoms with Crippen molar-refractivity contribution in [1.82, 2.24) is 0 Å². The molecule has 3 heteroatoms. The van der Waals surface area contributed by atoms with Crippen molar-refractivity contribution in [2.24, 2.45) is 0 Å². The molecule has 0 heterocycles. The molecule has 2 rings (SSSR count). The fraction of sp³-hybridized carbons (Fsp3) is 0.0769. The summed E-state index contributed by atoms with van der Waals surface area (Å²) in [5.41, 5.74) is 15.0. The molecule has 0 saturated carbocycles. The third-order valence-electron chi connectivity index (χ3n) is 2.48. The van der Waals surface area contributed by atoms with Gasteiger partial charge in [-0.2, -0.15) is 0 Å². The van der Waals surface area contributed by atoms with Crippen LogP contribution >= 0.6 is 0 Å². The van der Waals surface area contributed by atoms with Gasteiger partial charge in [-0.1, -0.05) is 24.3 Å². The first kappa shape index (κ1) is 10.4. The lowest BCUT2D eigenvalue weighted by Gasteiger charge is -2.10. The first-order valence-corrected chi connectivity index (χ1v) is 5.01. The van der Waals surface area contributed by atoms with Gasteiger partial charge in [-0.05, 0) is 23.8 Å². The molecule has 16 heavy (non-hydrogen) atoms. The highest BCUT2D eigenvalue weighted by molar-refractivity contribution is 5.81. The molecule has 4 N–H and O–H groups in total. The van der Waals surface area contributed by atoms with Crippen molar-refractivity contribution < 1.29 is 4.74 Å². The highest BCUT2D eigenvalue weighted by atomic mass is 16.5. The summed E-state index contributed by atoms with van der Waals surface area (Å²) in [5, 5.41) is 0. The lowest BCUT2D eigenvalue weighted by Crippen LogP contribution is -1.95. The lowest BCUT2D eigenvalue weighted by molar-refractivity contribution is 0.417. The standard InChI is InChI=1S/C13H14N2O/c1-16-12-7-3-6-11(13(12)15)9-4-2-5-10(14)8-9/h2-8H,14-15H2,1H3. The zero-order valence-electron chi connectivity index (χ0n) is 9.10. The van der Waals surface area contributed by atoms with E-state index in [1.165, 1.54) is 0 Å². The number of hydrogen-bond donors (Lipinski definition) is 2. The van der Waals surface area contributed by atoms with Gasteiger partial charge in [-0.15, -0.1) is 0 Å². The average molecular weight is 214 g/mol. The molecule has 0 radical (unpaired) electrons. The normalized spacial score (nSPS) is 10.1. The highest BCUT2D eigenvalue weighted by Gasteiger charge is 2.06. The maximum absolute atomic E-state index is 6.01. The molecule has 0 fully saturated rings. The van der Waals surface area contributed by atoms with E-state index in [1.807, 2.05) is 42.5 Å². The number of anilines is 2. The molecule has 0 unspecified atom stereocenters. The van der Waals surface area contributed by atoms with Gasteiger partial charge >= 0.3 is 0 Å². The molecule has 2 aromatic rings. The smallest absolute Gasteiger partial charge is 0.142 e. The van der Waals surface area contributed by atoms with E-state index in [0.717, 1.165) is 16.8 Å². The molecule has 0 saturated heterocycles. The molecule has 0 bridgehead atoms. The monoisotopic (exact) mass is 214 g/mol. The predicted molar refractivity (Wildman–Crippen MR) is 67.3 cm³/mol. The summed E-state index contributed by atoms with van der Waals surface area (Å²) in [7, 11) is 1.61. The van der Waals surface area contributed by atoms with Crippen LogP contribution in [0.25, 0.3) is 11.1 Å². The highest BCUT2D eigenvalue weighted by Crippen LogP contribution is 2.33. The molecule has 0 atom stereocenters. The van der Waals surface area contributed by atoms with E-state index < -0.39 is 0 Å². The van der Waals surface area contributed by atoms with Crippen molar-refractivity contribution in [3.63, 3.8) is 0 Å². The first-order chi connectivity index (χ1) is 7.72. The number of nitrogens with two attached hydrogens (primary N) is 2. The average Bonchev–Trinajstić information content (AvgIpc) is 2.29. The molecule has 0 aliphatic carbocycles. The molecule has 82 valence electrons. The largest absolute Gasteiger partial charge is 0.495 e. The Kier molecular flexibility index (Phi) is 2.68. The number of ether oxygens (including phenoxy) is 1. The van der Waals surface area contributed by atoms with Crippen molar-refractivity contribution in [2.75, 3.05) is 18.6 Å². The second kappa shape index (κ2) is 4.14. The van der Waals surface area contributed by atoms with Gasteiger partial charge in [0.2, 0.25) is 0 Å². The van der Waals surface area contributed by atoms with E-state index in [9.17, 15) is 0 Å². The van der Waals surface area contributed by atoms with Gasteiger partial charge in [0.25, 0.3) is 0 Å². The number of benzene rings is 2. The maximum atomic E-state index is 6.01. The van der Waals surface area contributed by atoms with Crippen LogP contribution in [0.3, 0.4) is 0 Å². The Balaban J connectivity index is 2.56. The number of para-hydroxylation sites is 1. The summed E-state index contributed by atoms with van der Waals surface area (Å²) in [6.45, 7) is 0. The summed E-state index contributed by atoms with van der Waals surface area (Å²) in [6.07, 6.45) is 0. The molecule has 0 aromatic heterocycles. The summed E-state index contributed by atoms with van der Waals surface area (Å²) in [5.74, 6) is 0.680. The van der Waals surface area contributed by atoms with Gasteiger partial charge in [0.15, 0.2) is 0 Å². The number of rotatable bonds is 2. The SMILES string of the molecule is COc1cccc(-c2cccc(N)c2)c1N. The van der Waals surface area contributed by atoms with E-state index in [0.29, 0.717) is 11.4 Å². The third-order valence-corrected chi connectivity index (χ3v) is 2.48. The molecule has 0 aliphatic heterocycles. The van der Waals surface area contributed by atoms with Crippen LogP contribution in [0.4, 0.5) is 11.4 Å². The van der Waals surface area contributed by atoms with Crippen molar-refractivity contribution >= 4 is 11.4 Å². The van der Waals surface area contributed by atoms with Gasteiger partial charge < -0.3 is 16.2 Å². The fourth-order valence-electron chi connectivity index (χ4n) is 1.68. The van der Waals surface area contributed by atoms with Gasteiger partial charge in [0.05, 0.1) is 12.8 Å². The minimum Gasteiger partial charge on any atom is -0.495 e. The molecular weight excluding hydrogens is 200 g/mol. The quantitative estimate of drug-likeness (QED) is 0.755. The Labute approximate surface area is 94.6 Å². The molecular formula is C13H14N2O. The summed E-state index contributed by atoms with van der Waals surface area (Å²) < 4.78 is 5.18. The van der Waals surface area contributed by atoms with E-state index in [1.54, 1.807) is 7.11 Å². The van der Waals surface area contributed by atoms with E-state index in [-0.39, 0.29) is 0 Å². The van der Waals surface area contributed by atoms with E-state index in [4.69, 9.17) is 16.2 Å². The minimum atomic E-state index is 0.635. The van der Waals surface area contributed by atoms with Crippen molar-refractivity contribution in [3.05, 3.63) is 42.5 Å². The van der Waals surface area contributed by atoms with Crippen LogP contribution in [-0.2, 0) is 0 Å². The second-order valence-corrected chi connectivity index (χ2v) is 3.55. The molecule has 2 aromatic carbocycles. The zero-order chi connectivity index (χ0) is 11.5. The number of hydrogen-bond acceptors (Lipinski definition) is 3. The van der Waals surface area contributed by atoms with E-state index >= 15 is 0 Å². The topological polar surface area (TPSA) is 61.3 Å². The second-order valence-electron chi connectivity index (χ2n) is 3.55. The van der Waals surface area contributed by atoms with Crippen LogP contribution in [0, 0.1) is 0 Å². The van der Waals surface area contributed by atoms with Gasteiger partial charge in [0.1, 0.15) is 5.75 Å². The maximum Gasteiger partial charge on any atom is 0.142 e.